The second-order valence-electron chi connectivity index (χ2n) is 3.31. The zero-order valence-electron chi connectivity index (χ0n) is 9.51. The smallest absolute Gasteiger partial charge is 0.265 e. The van der Waals surface area contributed by atoms with E-state index < -0.39 is 10.0 Å². The van der Waals surface area contributed by atoms with Crippen molar-refractivity contribution in [3.05, 3.63) is 35.9 Å². The maximum Gasteiger partial charge on any atom is 0.265 e. The fraction of sp³-hybridized carbons (Fsp3) is 0.182. The number of terminal acetylenes is 1. The largest absolute Gasteiger partial charge is 0.287 e. The molecule has 18 heavy (non-hydrogen) atoms. The van der Waals surface area contributed by atoms with Crippen LogP contribution < -0.4 is 15.6 Å². The molecule has 3 N–H and O–H groups in total. The summed E-state index contributed by atoms with van der Waals surface area (Å²) in [5, 5.41) is 0. The van der Waals surface area contributed by atoms with Crippen LogP contribution in [0.3, 0.4) is 0 Å². The van der Waals surface area contributed by atoms with Gasteiger partial charge in [0.15, 0.2) is 0 Å². The summed E-state index contributed by atoms with van der Waals surface area (Å²) >= 11 is 0. The van der Waals surface area contributed by atoms with E-state index in [-0.39, 0.29) is 18.2 Å². The minimum Gasteiger partial charge on any atom is -0.287 e. The highest BCUT2D eigenvalue weighted by atomic mass is 32.2. The molecule has 0 aliphatic carbocycles. The predicted molar refractivity (Wildman–Crippen MR) is 67.7 cm³/mol. The van der Waals surface area contributed by atoms with E-state index in [1.54, 1.807) is 30.3 Å². The molecule has 1 rings (SSSR count). The molecule has 0 bridgehead atoms. The number of carbonyl (C=O) groups is 1. The molecular formula is C11H13N3O3S. The molecule has 0 heterocycles. The third-order valence-electron chi connectivity index (χ3n) is 1.95. The van der Waals surface area contributed by atoms with Gasteiger partial charge in [0.25, 0.3) is 5.91 Å². The summed E-state index contributed by atoms with van der Waals surface area (Å²) < 4.78 is 24.2. The number of hydrogen-bond acceptors (Lipinski definition) is 4. The van der Waals surface area contributed by atoms with E-state index in [1.165, 1.54) is 0 Å². The molecular weight excluding hydrogens is 254 g/mol. The van der Waals surface area contributed by atoms with E-state index in [1.807, 2.05) is 10.8 Å². The zero-order chi connectivity index (χ0) is 13.4. The molecule has 6 nitrogen and oxygen atoms in total. The van der Waals surface area contributed by atoms with Gasteiger partial charge in [-0.2, -0.15) is 0 Å². The van der Waals surface area contributed by atoms with Crippen molar-refractivity contribution in [1.29, 1.82) is 0 Å². The highest BCUT2D eigenvalue weighted by Gasteiger charge is 2.08. The van der Waals surface area contributed by atoms with Crippen LogP contribution in [0.5, 0.6) is 0 Å². The van der Waals surface area contributed by atoms with Crippen LogP contribution in [-0.2, 0) is 10.0 Å². The van der Waals surface area contributed by atoms with Crippen molar-refractivity contribution < 1.29 is 13.2 Å². The Balaban J connectivity index is 2.32. The topological polar surface area (TPSA) is 87.3 Å². The summed E-state index contributed by atoms with van der Waals surface area (Å²) in [6.45, 7) is 0.0512. The molecule has 0 atom stereocenters. The SMILES string of the molecule is C#CNS(=O)(=O)CCNNC(=O)c1ccccc1. The molecule has 1 aromatic carbocycles. The molecule has 0 radical (unpaired) electrons. The van der Waals surface area contributed by atoms with E-state index in [9.17, 15) is 13.2 Å². The summed E-state index contributed by atoms with van der Waals surface area (Å²) in [7, 11) is -3.49. The predicted octanol–water partition coefficient (Wildman–Crippen LogP) is -0.569. The molecule has 0 fully saturated rings. The molecule has 7 heteroatoms. The standard InChI is InChI=1S/C11H13N3O3S/c1-2-13-18(16,17)9-8-12-14-11(15)10-6-4-3-5-7-10/h1,3-7,12-13H,8-9H2,(H,14,15). The molecule has 1 amide bonds. The zero-order valence-corrected chi connectivity index (χ0v) is 10.3. The molecule has 0 unspecified atom stereocenters. The summed E-state index contributed by atoms with van der Waals surface area (Å²) in [4.78, 5) is 11.5. The third-order valence-corrected chi connectivity index (χ3v) is 3.12. The lowest BCUT2D eigenvalue weighted by atomic mass is 10.2. The Kier molecular flexibility index (Phi) is 5.17. The van der Waals surface area contributed by atoms with Crippen LogP contribution in [0.4, 0.5) is 0 Å². The van der Waals surface area contributed by atoms with Crippen molar-refractivity contribution >= 4 is 15.9 Å². The van der Waals surface area contributed by atoms with Crippen molar-refractivity contribution in [2.45, 2.75) is 0 Å². The quantitative estimate of drug-likeness (QED) is 0.279. The first-order valence-corrected chi connectivity index (χ1v) is 6.74. The highest BCUT2D eigenvalue weighted by molar-refractivity contribution is 7.89. The summed E-state index contributed by atoms with van der Waals surface area (Å²) in [6, 6.07) is 10.4. The van der Waals surface area contributed by atoms with Crippen molar-refractivity contribution in [3.8, 4) is 12.5 Å². The molecule has 0 aromatic heterocycles. The van der Waals surface area contributed by atoms with Crippen LogP contribution in [0.1, 0.15) is 10.4 Å². The summed E-state index contributed by atoms with van der Waals surface area (Å²) in [6.07, 6.45) is 4.81. The van der Waals surface area contributed by atoms with Crippen molar-refractivity contribution in [1.82, 2.24) is 15.6 Å². The van der Waals surface area contributed by atoms with E-state index in [0.29, 0.717) is 5.56 Å². The molecule has 0 aliphatic heterocycles. The summed E-state index contributed by atoms with van der Waals surface area (Å²) in [5.74, 6) is -0.565. The summed E-state index contributed by atoms with van der Waals surface area (Å²) in [5.41, 5.74) is 5.37. The van der Waals surface area contributed by atoms with Gasteiger partial charge in [-0.3, -0.25) is 10.2 Å². The number of rotatable bonds is 6. The van der Waals surface area contributed by atoms with Gasteiger partial charge in [0, 0.05) is 18.2 Å². The highest BCUT2D eigenvalue weighted by Crippen LogP contribution is 1.96. The van der Waals surface area contributed by atoms with E-state index in [2.05, 4.69) is 10.9 Å². The van der Waals surface area contributed by atoms with E-state index in [4.69, 9.17) is 6.42 Å². The number of hydrazine groups is 1. The van der Waals surface area contributed by atoms with Gasteiger partial charge < -0.3 is 0 Å². The molecule has 0 saturated heterocycles. The van der Waals surface area contributed by atoms with Gasteiger partial charge >= 0.3 is 0 Å². The third kappa shape index (κ3) is 4.86. The molecule has 0 saturated carbocycles. The number of sulfonamides is 1. The average Bonchev–Trinajstić information content (AvgIpc) is 2.35. The Morgan fingerprint density at radius 1 is 1.28 bits per heavy atom. The van der Waals surface area contributed by atoms with Crippen LogP contribution in [0.15, 0.2) is 30.3 Å². The van der Waals surface area contributed by atoms with Gasteiger partial charge in [0.05, 0.1) is 5.75 Å². The first-order chi connectivity index (χ1) is 8.55. The maximum atomic E-state index is 11.5. The van der Waals surface area contributed by atoms with Crippen LogP contribution >= 0.6 is 0 Å². The fourth-order valence-corrected chi connectivity index (χ4v) is 1.78. The fourth-order valence-electron chi connectivity index (χ4n) is 1.13. The number of nitrogens with one attached hydrogen (secondary N) is 3. The van der Waals surface area contributed by atoms with Crippen molar-refractivity contribution in [3.63, 3.8) is 0 Å². The minimum absolute atomic E-state index is 0.0512. The lowest BCUT2D eigenvalue weighted by Gasteiger charge is -2.07. The van der Waals surface area contributed by atoms with Gasteiger partial charge in [-0.15, -0.1) is 0 Å². The Morgan fingerprint density at radius 2 is 1.94 bits per heavy atom. The first kappa shape index (κ1) is 14.0. The van der Waals surface area contributed by atoms with Crippen molar-refractivity contribution in [2.75, 3.05) is 12.3 Å². The Hall–Kier alpha value is -2.04. The van der Waals surface area contributed by atoms with Gasteiger partial charge in [-0.1, -0.05) is 24.6 Å². The average molecular weight is 267 g/mol. The Morgan fingerprint density at radius 3 is 2.56 bits per heavy atom. The van der Waals surface area contributed by atoms with Crippen molar-refractivity contribution in [2.24, 2.45) is 0 Å². The minimum atomic E-state index is -3.49. The second kappa shape index (κ2) is 6.64. The van der Waals surface area contributed by atoms with Crippen LogP contribution in [-0.4, -0.2) is 26.6 Å². The van der Waals surface area contributed by atoms with Crippen LogP contribution in [0.2, 0.25) is 0 Å². The van der Waals surface area contributed by atoms with E-state index in [0.717, 1.165) is 0 Å². The Labute approximate surface area is 106 Å². The van der Waals surface area contributed by atoms with Gasteiger partial charge in [-0.05, 0) is 12.1 Å². The molecule has 0 aliphatic rings. The number of hydrogen-bond donors (Lipinski definition) is 3. The second-order valence-corrected chi connectivity index (χ2v) is 5.15. The molecule has 96 valence electrons. The first-order valence-electron chi connectivity index (χ1n) is 5.08. The monoisotopic (exact) mass is 267 g/mol. The molecule has 0 spiro atoms. The lowest BCUT2D eigenvalue weighted by molar-refractivity contribution is 0.0934. The van der Waals surface area contributed by atoms with Crippen LogP contribution in [0.25, 0.3) is 0 Å². The number of carbonyl (C=O) groups excluding carboxylic acids is 1. The number of amides is 1. The van der Waals surface area contributed by atoms with E-state index >= 15 is 0 Å². The van der Waals surface area contributed by atoms with Gasteiger partial charge in [0.2, 0.25) is 10.0 Å². The van der Waals surface area contributed by atoms with Crippen LogP contribution in [0, 0.1) is 12.5 Å². The Bertz CT molecular complexity index is 534. The maximum absolute atomic E-state index is 11.5. The molecule has 1 aromatic rings. The van der Waals surface area contributed by atoms with Gasteiger partial charge in [0.1, 0.15) is 0 Å². The van der Waals surface area contributed by atoms with Gasteiger partial charge in [-0.25, -0.2) is 18.6 Å². The normalized spacial score (nSPS) is 10.4. The number of benzene rings is 1. The lowest BCUT2D eigenvalue weighted by Crippen LogP contribution is -2.41.